The van der Waals surface area contributed by atoms with E-state index in [0.29, 0.717) is 30.5 Å². The number of piperidine rings is 1. The molecule has 3 heterocycles. The molecule has 0 bridgehead atoms. The molecular weight excluding hydrogens is 563 g/mol. The van der Waals surface area contributed by atoms with E-state index in [1.807, 2.05) is 58.0 Å². The molecule has 2 N–H and O–H groups in total. The number of carbonyl (C=O) groups is 2. The number of aromatic nitrogens is 4. The molecule has 0 saturated carbocycles. The molecule has 3 amide bonds. The summed E-state index contributed by atoms with van der Waals surface area (Å²) in [5.41, 5.74) is 2.90. The van der Waals surface area contributed by atoms with Gasteiger partial charge in [-0.2, -0.15) is 0 Å². The third kappa shape index (κ3) is 8.31. The number of hydrogen-bond donors (Lipinski definition) is 2. The predicted molar refractivity (Wildman–Crippen MR) is 165 cm³/mol. The molecule has 0 radical (unpaired) electrons. The number of urea groups is 1. The van der Waals surface area contributed by atoms with Crippen LogP contribution in [0.1, 0.15) is 44.7 Å². The van der Waals surface area contributed by atoms with E-state index in [2.05, 4.69) is 31.1 Å². The van der Waals surface area contributed by atoms with Gasteiger partial charge < -0.3 is 25.2 Å². The summed E-state index contributed by atoms with van der Waals surface area (Å²) in [4.78, 5) is 30.5. The second-order valence-corrected chi connectivity index (χ2v) is 13.2. The number of rotatable bonds is 7. The minimum absolute atomic E-state index is 0.0237. The van der Waals surface area contributed by atoms with Gasteiger partial charge in [-0.1, -0.05) is 12.1 Å². The van der Waals surface area contributed by atoms with Gasteiger partial charge in [0.25, 0.3) is 0 Å². The minimum Gasteiger partial charge on any atom is -0.444 e. The fourth-order valence-electron chi connectivity index (χ4n) is 6.26. The lowest BCUT2D eigenvalue weighted by Gasteiger charge is -2.35. The average molecular weight is 607 g/mol. The molecule has 2 saturated heterocycles. The average Bonchev–Trinajstić information content (AvgIpc) is 3.55. The number of likely N-dealkylation sites (tertiary alicyclic amines) is 2. The molecule has 236 valence electrons. The zero-order valence-electron chi connectivity index (χ0n) is 26.2. The number of ether oxygens (including phenoxy) is 1. The lowest BCUT2D eigenvalue weighted by atomic mass is 9.90. The van der Waals surface area contributed by atoms with Crippen molar-refractivity contribution >= 4 is 17.8 Å². The van der Waals surface area contributed by atoms with E-state index in [-0.39, 0.29) is 29.9 Å². The van der Waals surface area contributed by atoms with E-state index in [1.165, 1.54) is 12.1 Å². The van der Waals surface area contributed by atoms with Gasteiger partial charge in [-0.25, -0.2) is 18.7 Å². The summed E-state index contributed by atoms with van der Waals surface area (Å²) in [6.07, 6.45) is 2.72. The number of halogens is 1. The van der Waals surface area contributed by atoms with Crippen LogP contribution in [-0.2, 0) is 18.2 Å². The second kappa shape index (κ2) is 13.3. The Kier molecular flexibility index (Phi) is 9.48. The van der Waals surface area contributed by atoms with Gasteiger partial charge in [-0.05, 0) is 111 Å². The maximum atomic E-state index is 13.4. The molecule has 3 aromatic rings. The van der Waals surface area contributed by atoms with Crippen molar-refractivity contribution < 1.29 is 18.7 Å². The Bertz CT molecular complexity index is 1450. The molecule has 0 spiro atoms. The van der Waals surface area contributed by atoms with Gasteiger partial charge in [0.1, 0.15) is 11.4 Å². The van der Waals surface area contributed by atoms with Crippen LogP contribution in [0.15, 0.2) is 42.5 Å². The number of amides is 3. The van der Waals surface area contributed by atoms with Crippen LogP contribution in [0.2, 0.25) is 0 Å². The molecule has 0 aliphatic carbocycles. The Labute approximate surface area is 258 Å². The van der Waals surface area contributed by atoms with Crippen molar-refractivity contribution in [2.24, 2.45) is 18.9 Å². The molecule has 11 nitrogen and oxygen atoms in total. The van der Waals surface area contributed by atoms with Crippen LogP contribution in [0.5, 0.6) is 0 Å². The first-order chi connectivity index (χ1) is 20.9. The summed E-state index contributed by atoms with van der Waals surface area (Å²) in [5.74, 6) is 0.866. The van der Waals surface area contributed by atoms with E-state index in [4.69, 9.17) is 4.74 Å². The molecular formula is C32H43FN8O3. The number of anilines is 1. The van der Waals surface area contributed by atoms with Gasteiger partial charge in [0.15, 0.2) is 5.82 Å². The van der Waals surface area contributed by atoms with Crippen molar-refractivity contribution in [2.45, 2.75) is 58.6 Å². The summed E-state index contributed by atoms with van der Waals surface area (Å²) >= 11 is 0. The van der Waals surface area contributed by atoms with Gasteiger partial charge in [0.2, 0.25) is 0 Å². The number of tetrazole rings is 1. The summed E-state index contributed by atoms with van der Waals surface area (Å²) in [6.45, 7) is 11.0. The third-order valence-electron chi connectivity index (χ3n) is 8.16. The Balaban J connectivity index is 1.26. The van der Waals surface area contributed by atoms with E-state index in [9.17, 15) is 14.0 Å². The van der Waals surface area contributed by atoms with Gasteiger partial charge in [0.05, 0.1) is 6.04 Å². The molecule has 1 unspecified atom stereocenters. The van der Waals surface area contributed by atoms with Gasteiger partial charge in [0, 0.05) is 50.4 Å². The fourth-order valence-corrected chi connectivity index (χ4v) is 6.26. The number of nitrogens with zero attached hydrogens (tertiary/aromatic N) is 6. The zero-order valence-corrected chi connectivity index (χ0v) is 26.2. The standard InChI is InChI=1S/C32H43FN8O3/c1-21-13-24(29-36-37-38-39(29)5)16-27(14-21)34-30(42)35-28-20-41(31(43)44-32(2,3)4)19-25(28)18-40-12-6-7-23(17-40)15-22-8-10-26(33)11-9-22/h8-11,13-14,16,23,25,28H,6-7,12,15,17-20H2,1-5H3,(H2,34,35,42)/t23?,25-,28+/m0/s1. The van der Waals surface area contributed by atoms with Crippen LogP contribution in [0.3, 0.4) is 0 Å². The van der Waals surface area contributed by atoms with Crippen molar-refractivity contribution in [3.63, 3.8) is 0 Å². The minimum atomic E-state index is -0.614. The monoisotopic (exact) mass is 606 g/mol. The fraction of sp³-hybridized carbons (Fsp3) is 0.531. The van der Waals surface area contributed by atoms with Crippen LogP contribution in [-0.4, -0.2) is 86.5 Å². The number of hydrogen-bond acceptors (Lipinski definition) is 7. The summed E-state index contributed by atoms with van der Waals surface area (Å²) in [6, 6.07) is 11.9. The SMILES string of the molecule is Cc1cc(NC(=O)N[C@@H]2CN(C(=O)OC(C)(C)C)C[C@@H]2CN2CCCC(Cc3ccc(F)cc3)C2)cc(-c2nnnn2C)c1. The summed E-state index contributed by atoms with van der Waals surface area (Å²) < 4.78 is 20.7. The van der Waals surface area contributed by atoms with Crippen molar-refractivity contribution in [2.75, 3.05) is 38.0 Å². The first-order valence-corrected chi connectivity index (χ1v) is 15.3. The van der Waals surface area contributed by atoms with E-state index < -0.39 is 5.60 Å². The van der Waals surface area contributed by atoms with Crippen LogP contribution in [0.4, 0.5) is 19.7 Å². The quantitative estimate of drug-likeness (QED) is 0.403. The third-order valence-corrected chi connectivity index (χ3v) is 8.16. The van der Waals surface area contributed by atoms with Crippen molar-refractivity contribution in [3.8, 4) is 11.4 Å². The maximum absolute atomic E-state index is 13.4. The highest BCUT2D eigenvalue weighted by Crippen LogP contribution is 2.27. The molecule has 2 fully saturated rings. The topological polar surface area (TPSA) is 118 Å². The van der Waals surface area contributed by atoms with Crippen molar-refractivity contribution in [3.05, 3.63) is 59.4 Å². The molecule has 44 heavy (non-hydrogen) atoms. The molecule has 5 rings (SSSR count). The Hall–Kier alpha value is -4.06. The van der Waals surface area contributed by atoms with E-state index in [1.54, 1.807) is 16.6 Å². The lowest BCUT2D eigenvalue weighted by molar-refractivity contribution is 0.0282. The highest BCUT2D eigenvalue weighted by Gasteiger charge is 2.39. The Morgan fingerprint density at radius 2 is 1.86 bits per heavy atom. The number of benzene rings is 2. The van der Waals surface area contributed by atoms with Crippen molar-refractivity contribution in [1.82, 2.24) is 35.3 Å². The summed E-state index contributed by atoms with van der Waals surface area (Å²) in [5, 5.41) is 17.8. The molecule has 2 aromatic carbocycles. The van der Waals surface area contributed by atoms with Crippen molar-refractivity contribution in [1.29, 1.82) is 0 Å². The van der Waals surface area contributed by atoms with E-state index >= 15 is 0 Å². The maximum Gasteiger partial charge on any atom is 0.410 e. The molecule has 2 aliphatic heterocycles. The largest absolute Gasteiger partial charge is 0.444 e. The first-order valence-electron chi connectivity index (χ1n) is 15.3. The normalized spacial score (nSPS) is 20.9. The zero-order chi connectivity index (χ0) is 31.4. The van der Waals surface area contributed by atoms with Gasteiger partial charge >= 0.3 is 12.1 Å². The smallest absolute Gasteiger partial charge is 0.410 e. The van der Waals surface area contributed by atoms with Crippen LogP contribution >= 0.6 is 0 Å². The van der Waals surface area contributed by atoms with Crippen LogP contribution in [0, 0.1) is 24.6 Å². The van der Waals surface area contributed by atoms with E-state index in [0.717, 1.165) is 55.6 Å². The highest BCUT2D eigenvalue weighted by molar-refractivity contribution is 5.90. The van der Waals surface area contributed by atoms with Crippen LogP contribution < -0.4 is 10.6 Å². The Morgan fingerprint density at radius 3 is 2.57 bits per heavy atom. The molecule has 1 aromatic heterocycles. The van der Waals surface area contributed by atoms with Gasteiger partial charge in [-0.3, -0.25) is 0 Å². The highest BCUT2D eigenvalue weighted by atomic mass is 19.1. The second-order valence-electron chi connectivity index (χ2n) is 13.2. The predicted octanol–water partition coefficient (Wildman–Crippen LogP) is 4.64. The van der Waals surface area contributed by atoms with Crippen LogP contribution in [0.25, 0.3) is 11.4 Å². The first kappa shape index (κ1) is 31.4. The lowest BCUT2D eigenvalue weighted by Crippen LogP contribution is -2.47. The van der Waals surface area contributed by atoms with Gasteiger partial charge in [-0.15, -0.1) is 5.10 Å². The number of carbonyl (C=O) groups excluding carboxylic acids is 2. The molecule has 12 heteroatoms. The number of nitrogens with one attached hydrogen (secondary N) is 2. The summed E-state index contributed by atoms with van der Waals surface area (Å²) in [7, 11) is 1.77. The molecule has 2 aliphatic rings. The Morgan fingerprint density at radius 1 is 1.09 bits per heavy atom. The number of aryl methyl sites for hydroxylation is 2. The molecule has 3 atom stereocenters.